The maximum Gasteiger partial charge on any atom is 0.460 e. The highest BCUT2D eigenvalue weighted by molar-refractivity contribution is 5.75. The number of alkyl halides is 9. The van der Waals surface area contributed by atoms with Crippen LogP contribution in [0.2, 0.25) is 0 Å². The molecule has 0 atom stereocenters. The van der Waals surface area contributed by atoms with Crippen molar-refractivity contribution in [2.45, 2.75) is 82.2 Å². The zero-order valence-electron chi connectivity index (χ0n) is 17.8. The minimum Gasteiger partial charge on any atom is -0.426 e. The highest BCUT2D eigenvalue weighted by atomic mass is 19.4. The van der Waals surface area contributed by atoms with Crippen molar-refractivity contribution in [1.82, 2.24) is 0 Å². The highest BCUT2D eigenvalue weighted by Crippen LogP contribution is 2.54. The third-order valence-electron chi connectivity index (χ3n) is 5.96. The zero-order valence-corrected chi connectivity index (χ0v) is 17.8. The van der Waals surface area contributed by atoms with Gasteiger partial charge >= 0.3 is 29.9 Å². The molecule has 0 amide bonds. The molecule has 1 fully saturated rings. The molecule has 0 N–H and O–H groups in total. The molecule has 0 bridgehead atoms. The molecule has 1 aliphatic rings. The molecular weight excluding hydrogens is 467 g/mol. The fourth-order valence-corrected chi connectivity index (χ4v) is 3.88. The number of halogens is 9. The van der Waals surface area contributed by atoms with Gasteiger partial charge in [0.15, 0.2) is 0 Å². The number of hydrogen-bond donors (Lipinski definition) is 0. The Morgan fingerprint density at radius 1 is 0.879 bits per heavy atom. The Balaban J connectivity index is 1.93. The van der Waals surface area contributed by atoms with Crippen molar-refractivity contribution in [3.63, 3.8) is 0 Å². The van der Waals surface area contributed by atoms with Crippen LogP contribution in [-0.4, -0.2) is 29.9 Å². The third-order valence-corrected chi connectivity index (χ3v) is 5.96. The molecule has 188 valence electrons. The Hall–Kier alpha value is -1.94. The molecule has 2 nitrogen and oxygen atoms in total. The fourth-order valence-electron chi connectivity index (χ4n) is 3.88. The zero-order chi connectivity index (χ0) is 25.1. The first-order valence-electron chi connectivity index (χ1n) is 10.6. The van der Waals surface area contributed by atoms with Gasteiger partial charge in [0.2, 0.25) is 0 Å². The van der Waals surface area contributed by atoms with Crippen LogP contribution in [0, 0.1) is 11.8 Å². The van der Waals surface area contributed by atoms with Crippen molar-refractivity contribution < 1.29 is 49.0 Å². The van der Waals surface area contributed by atoms with Gasteiger partial charge in [0, 0.05) is 6.42 Å². The van der Waals surface area contributed by atoms with Crippen LogP contribution in [0.25, 0.3) is 0 Å². The molecule has 1 aromatic carbocycles. The summed E-state index contributed by atoms with van der Waals surface area (Å²) in [5.74, 6) is -19.2. The number of rotatable bonds is 9. The van der Waals surface area contributed by atoms with Crippen molar-refractivity contribution in [1.29, 1.82) is 0 Å². The summed E-state index contributed by atoms with van der Waals surface area (Å²) in [4.78, 5) is 12.3. The lowest BCUT2D eigenvalue weighted by Gasteiger charge is -2.33. The first-order chi connectivity index (χ1) is 15.1. The average Bonchev–Trinajstić information content (AvgIpc) is 2.73. The van der Waals surface area contributed by atoms with E-state index in [1.807, 2.05) is 0 Å². The average molecular weight is 492 g/mol. The quantitative estimate of drug-likeness (QED) is 0.202. The van der Waals surface area contributed by atoms with E-state index in [9.17, 15) is 44.3 Å². The standard InChI is InChI=1S/C22H25F9O2/c1-2-3-14-4-8-16(9-5-14)18(32)33-17-10-6-15(7-11-17)12-13-19(23,24)20(25,26)21(27,28)22(29,30)31/h6-7,10-11,14,16H,2-5,8-9,12-13H2,1H3/t14-,16-. The normalized spacial score (nSPS) is 20.5. The molecule has 0 unspecified atom stereocenters. The first-order valence-corrected chi connectivity index (χ1v) is 10.6. The Morgan fingerprint density at radius 2 is 1.42 bits per heavy atom. The van der Waals surface area contributed by atoms with Crippen molar-refractivity contribution in [2.24, 2.45) is 11.8 Å². The topological polar surface area (TPSA) is 26.3 Å². The lowest BCUT2D eigenvalue weighted by atomic mass is 9.80. The predicted molar refractivity (Wildman–Crippen MR) is 102 cm³/mol. The smallest absolute Gasteiger partial charge is 0.426 e. The maximum absolute atomic E-state index is 13.6. The molecule has 1 saturated carbocycles. The van der Waals surface area contributed by atoms with Gasteiger partial charge in [0.1, 0.15) is 5.75 Å². The van der Waals surface area contributed by atoms with Crippen LogP contribution in [-0.2, 0) is 11.2 Å². The molecular formula is C22H25F9O2. The van der Waals surface area contributed by atoms with Gasteiger partial charge < -0.3 is 4.74 Å². The Labute approximate surface area is 185 Å². The number of carbonyl (C=O) groups excluding carboxylic acids is 1. The Morgan fingerprint density at radius 3 is 1.91 bits per heavy atom. The molecule has 0 saturated heterocycles. The minimum atomic E-state index is -6.89. The Bertz CT molecular complexity index is 780. The molecule has 2 rings (SSSR count). The van der Waals surface area contributed by atoms with Gasteiger partial charge in [-0.05, 0) is 55.7 Å². The number of aryl methyl sites for hydroxylation is 1. The summed E-state index contributed by atoms with van der Waals surface area (Å²) >= 11 is 0. The van der Waals surface area contributed by atoms with Crippen LogP contribution in [0.1, 0.15) is 57.4 Å². The second-order valence-corrected chi connectivity index (χ2v) is 8.42. The number of benzene rings is 1. The van der Waals surface area contributed by atoms with Gasteiger partial charge in [-0.3, -0.25) is 4.79 Å². The fraction of sp³-hybridized carbons (Fsp3) is 0.682. The van der Waals surface area contributed by atoms with Crippen LogP contribution in [0.3, 0.4) is 0 Å². The summed E-state index contributed by atoms with van der Waals surface area (Å²) in [6.07, 6.45) is -4.29. The van der Waals surface area contributed by atoms with Gasteiger partial charge in [-0.15, -0.1) is 0 Å². The van der Waals surface area contributed by atoms with Gasteiger partial charge in [-0.1, -0.05) is 31.9 Å². The van der Waals surface area contributed by atoms with E-state index in [-0.39, 0.29) is 17.2 Å². The molecule has 11 heteroatoms. The second kappa shape index (κ2) is 10.1. The van der Waals surface area contributed by atoms with Crippen molar-refractivity contribution in [2.75, 3.05) is 0 Å². The van der Waals surface area contributed by atoms with E-state index in [1.165, 1.54) is 12.1 Å². The van der Waals surface area contributed by atoms with Crippen LogP contribution in [0.4, 0.5) is 39.5 Å². The lowest BCUT2D eigenvalue weighted by Crippen LogP contribution is -2.60. The number of hydrogen-bond acceptors (Lipinski definition) is 2. The molecule has 0 spiro atoms. The summed E-state index contributed by atoms with van der Waals surface area (Å²) < 4.78 is 122. The lowest BCUT2D eigenvalue weighted by molar-refractivity contribution is -0.396. The largest absolute Gasteiger partial charge is 0.460 e. The predicted octanol–water partition coefficient (Wildman–Crippen LogP) is 7.60. The molecule has 0 radical (unpaired) electrons. The SMILES string of the molecule is CCC[C@H]1CC[C@H](C(=O)Oc2ccc(CCC(F)(F)C(F)(F)C(F)(F)C(F)(F)F)cc2)CC1. The minimum absolute atomic E-state index is 0.0272. The van der Waals surface area contributed by atoms with Gasteiger partial charge in [0.05, 0.1) is 5.92 Å². The molecule has 33 heavy (non-hydrogen) atoms. The van der Waals surface area contributed by atoms with Crippen LogP contribution < -0.4 is 4.74 Å². The number of ether oxygens (including phenoxy) is 1. The first kappa shape index (κ1) is 27.3. The molecule has 0 heterocycles. The second-order valence-electron chi connectivity index (χ2n) is 8.42. The number of carbonyl (C=O) groups is 1. The summed E-state index contributed by atoms with van der Waals surface area (Å²) in [7, 11) is 0. The van der Waals surface area contributed by atoms with E-state index in [2.05, 4.69) is 6.92 Å². The van der Waals surface area contributed by atoms with E-state index in [0.717, 1.165) is 37.8 Å². The van der Waals surface area contributed by atoms with Crippen molar-refractivity contribution >= 4 is 5.97 Å². The molecule has 1 aliphatic carbocycles. The van der Waals surface area contributed by atoms with Gasteiger partial charge in [-0.2, -0.15) is 39.5 Å². The number of esters is 1. The van der Waals surface area contributed by atoms with E-state index in [0.29, 0.717) is 18.8 Å². The van der Waals surface area contributed by atoms with Crippen LogP contribution >= 0.6 is 0 Å². The molecule has 1 aromatic rings. The van der Waals surface area contributed by atoms with E-state index < -0.39 is 42.8 Å². The van der Waals surface area contributed by atoms with Crippen LogP contribution in [0.15, 0.2) is 24.3 Å². The van der Waals surface area contributed by atoms with Crippen molar-refractivity contribution in [3.05, 3.63) is 29.8 Å². The summed E-state index contributed by atoms with van der Waals surface area (Å²) in [5, 5.41) is 0. The van der Waals surface area contributed by atoms with Crippen LogP contribution in [0.5, 0.6) is 5.75 Å². The van der Waals surface area contributed by atoms with Gasteiger partial charge in [0.25, 0.3) is 0 Å². The summed E-state index contributed by atoms with van der Waals surface area (Å²) in [6.45, 7) is 2.09. The monoisotopic (exact) mass is 492 g/mol. The van der Waals surface area contributed by atoms with Crippen molar-refractivity contribution in [3.8, 4) is 5.75 Å². The Kier molecular flexibility index (Phi) is 8.38. The molecule has 0 aliphatic heterocycles. The van der Waals surface area contributed by atoms with E-state index >= 15 is 0 Å². The van der Waals surface area contributed by atoms with Gasteiger partial charge in [-0.25, -0.2) is 0 Å². The molecule has 0 aromatic heterocycles. The summed E-state index contributed by atoms with van der Waals surface area (Å²) in [6, 6.07) is 4.74. The van der Waals surface area contributed by atoms with E-state index in [4.69, 9.17) is 4.74 Å². The highest BCUT2D eigenvalue weighted by Gasteiger charge is 2.81. The van der Waals surface area contributed by atoms with E-state index in [1.54, 1.807) is 0 Å². The third kappa shape index (κ3) is 6.15. The summed E-state index contributed by atoms with van der Waals surface area (Å²) in [5.41, 5.74) is -0.0272. The maximum atomic E-state index is 13.6.